The molecule has 3 heterocycles. The zero-order valence-corrected chi connectivity index (χ0v) is 19.6. The molecule has 0 aliphatic carbocycles. The number of imidazole rings is 1. The van der Waals surface area contributed by atoms with Gasteiger partial charge in [-0.1, -0.05) is 18.2 Å². The Morgan fingerprint density at radius 2 is 1.72 bits per heavy atom. The number of benzene rings is 2. The van der Waals surface area contributed by atoms with E-state index in [1.54, 1.807) is 6.92 Å². The lowest BCUT2D eigenvalue weighted by Crippen LogP contribution is -2.30. The van der Waals surface area contributed by atoms with Crippen molar-refractivity contribution in [1.82, 2.24) is 14.1 Å². The summed E-state index contributed by atoms with van der Waals surface area (Å²) in [5.74, 6) is 0.167. The van der Waals surface area contributed by atoms with Crippen molar-refractivity contribution in [2.45, 2.75) is 39.1 Å². The number of nitrogens with zero attached hydrogens (tertiary/aromatic N) is 4. The van der Waals surface area contributed by atoms with Crippen LogP contribution < -0.4 is 15.3 Å². The van der Waals surface area contributed by atoms with E-state index in [4.69, 9.17) is 4.98 Å². The molecule has 36 heavy (non-hydrogen) atoms. The summed E-state index contributed by atoms with van der Waals surface area (Å²) in [5, 5.41) is 11.7. The lowest BCUT2D eigenvalue weighted by Gasteiger charge is -2.28. The first kappa shape index (κ1) is 23.8. The third-order valence-corrected chi connectivity index (χ3v) is 6.49. The highest BCUT2D eigenvalue weighted by atomic mass is 19.4. The number of ether oxygens (including phenoxy) is 1. The highest BCUT2D eigenvalue weighted by molar-refractivity contribution is 5.84. The molecule has 188 valence electrons. The van der Waals surface area contributed by atoms with Crippen molar-refractivity contribution >= 4 is 16.7 Å². The monoisotopic (exact) mass is 498 g/mol. The van der Waals surface area contributed by atoms with Crippen LogP contribution in [0, 0.1) is 6.92 Å². The molecule has 0 unspecified atom stereocenters. The molecule has 1 fully saturated rings. The number of aromatic hydroxyl groups is 1. The topological polar surface area (TPSA) is 72.5 Å². The van der Waals surface area contributed by atoms with Gasteiger partial charge in [-0.15, -0.1) is 13.2 Å². The van der Waals surface area contributed by atoms with Crippen LogP contribution in [0.3, 0.4) is 0 Å². The Labute approximate surface area is 205 Å². The van der Waals surface area contributed by atoms with E-state index in [1.807, 2.05) is 30.3 Å². The quantitative estimate of drug-likeness (QED) is 0.413. The molecule has 1 N–H and O–H groups in total. The predicted molar refractivity (Wildman–Crippen MR) is 130 cm³/mol. The molecule has 0 atom stereocenters. The summed E-state index contributed by atoms with van der Waals surface area (Å²) in [5.41, 5.74) is 1.77. The first-order valence-electron chi connectivity index (χ1n) is 11.7. The molecule has 0 saturated carbocycles. The number of alkyl halides is 3. The first-order valence-corrected chi connectivity index (χ1v) is 11.7. The van der Waals surface area contributed by atoms with Crippen LogP contribution in [0.4, 0.5) is 19.0 Å². The Morgan fingerprint density at radius 1 is 1.03 bits per heavy atom. The van der Waals surface area contributed by atoms with Crippen molar-refractivity contribution in [2.75, 3.05) is 18.0 Å². The van der Waals surface area contributed by atoms with Crippen molar-refractivity contribution in [3.8, 4) is 17.3 Å². The lowest BCUT2D eigenvalue weighted by atomic mass is 10.1. The summed E-state index contributed by atoms with van der Waals surface area (Å²) in [6.45, 7) is 3.68. The summed E-state index contributed by atoms with van der Waals surface area (Å²) in [7, 11) is 0. The van der Waals surface area contributed by atoms with Crippen molar-refractivity contribution in [2.24, 2.45) is 0 Å². The summed E-state index contributed by atoms with van der Waals surface area (Å²) < 4.78 is 43.9. The van der Waals surface area contributed by atoms with E-state index < -0.39 is 17.8 Å². The molecular weight excluding hydrogens is 473 g/mol. The second kappa shape index (κ2) is 9.25. The van der Waals surface area contributed by atoms with Crippen LogP contribution in [0.15, 0.2) is 59.4 Å². The number of pyridine rings is 1. The van der Waals surface area contributed by atoms with Gasteiger partial charge in [-0.2, -0.15) is 0 Å². The minimum Gasteiger partial charge on any atom is -0.493 e. The van der Waals surface area contributed by atoms with Gasteiger partial charge in [0.05, 0.1) is 23.4 Å². The van der Waals surface area contributed by atoms with Gasteiger partial charge in [0.25, 0.3) is 0 Å². The maximum absolute atomic E-state index is 13.4. The Kier molecular flexibility index (Phi) is 6.11. The van der Waals surface area contributed by atoms with E-state index in [0.717, 1.165) is 64.9 Å². The summed E-state index contributed by atoms with van der Waals surface area (Å²) in [6.07, 6.45) is -1.42. The normalized spacial score (nSPS) is 14.4. The minimum absolute atomic E-state index is 0.199. The fourth-order valence-corrected chi connectivity index (χ4v) is 4.67. The van der Waals surface area contributed by atoms with Gasteiger partial charge < -0.3 is 14.7 Å². The smallest absolute Gasteiger partial charge is 0.493 e. The first-order chi connectivity index (χ1) is 17.2. The lowest BCUT2D eigenvalue weighted by molar-refractivity contribution is -0.274. The van der Waals surface area contributed by atoms with Gasteiger partial charge in [0.2, 0.25) is 5.88 Å². The molecule has 5 rings (SSSR count). The fraction of sp³-hybridized carbons (Fsp3) is 0.308. The van der Waals surface area contributed by atoms with E-state index in [9.17, 15) is 23.1 Å². The molecule has 0 spiro atoms. The molecular formula is C26H25F3N4O3. The van der Waals surface area contributed by atoms with Crippen molar-refractivity contribution < 1.29 is 23.0 Å². The molecule has 2 aromatic heterocycles. The number of hydrogen-bond donors (Lipinski definition) is 1. The van der Waals surface area contributed by atoms with Crippen LogP contribution in [0.2, 0.25) is 0 Å². The number of piperidine rings is 1. The van der Waals surface area contributed by atoms with Crippen LogP contribution in [-0.4, -0.2) is 38.7 Å². The molecule has 1 saturated heterocycles. The van der Waals surface area contributed by atoms with Gasteiger partial charge in [0.15, 0.2) is 0 Å². The van der Waals surface area contributed by atoms with Gasteiger partial charge in [-0.05, 0) is 68.1 Å². The Morgan fingerprint density at radius 3 is 2.42 bits per heavy atom. The maximum atomic E-state index is 13.4. The van der Waals surface area contributed by atoms with Crippen LogP contribution in [0.1, 0.15) is 30.5 Å². The predicted octanol–water partition coefficient (Wildman–Crippen LogP) is 5.14. The maximum Gasteiger partial charge on any atom is 0.573 e. The van der Waals surface area contributed by atoms with Crippen molar-refractivity contribution in [1.29, 1.82) is 0 Å². The van der Waals surface area contributed by atoms with Crippen LogP contribution in [0.5, 0.6) is 11.6 Å². The third-order valence-electron chi connectivity index (χ3n) is 6.49. The van der Waals surface area contributed by atoms with Crippen LogP contribution in [-0.2, 0) is 6.54 Å². The molecule has 2 aromatic carbocycles. The molecule has 0 amide bonds. The molecule has 1 aliphatic rings. The molecule has 4 aromatic rings. The molecule has 7 nitrogen and oxygen atoms in total. The average molecular weight is 499 g/mol. The van der Waals surface area contributed by atoms with E-state index in [-0.39, 0.29) is 18.1 Å². The molecule has 1 aliphatic heterocycles. The Balaban J connectivity index is 1.53. The third kappa shape index (κ3) is 4.62. The van der Waals surface area contributed by atoms with Crippen molar-refractivity contribution in [3.63, 3.8) is 0 Å². The van der Waals surface area contributed by atoms with Gasteiger partial charge in [-0.3, -0.25) is 4.57 Å². The number of anilines is 1. The second-order valence-corrected chi connectivity index (χ2v) is 8.86. The second-order valence-electron chi connectivity index (χ2n) is 8.86. The van der Waals surface area contributed by atoms with Gasteiger partial charge in [-0.25, -0.2) is 14.3 Å². The number of hydrogen-bond acceptors (Lipinski definition) is 5. The minimum atomic E-state index is -4.82. The highest BCUT2D eigenvalue weighted by Crippen LogP contribution is 2.28. The zero-order chi connectivity index (χ0) is 25.4. The highest BCUT2D eigenvalue weighted by Gasteiger charge is 2.31. The van der Waals surface area contributed by atoms with E-state index in [0.29, 0.717) is 5.69 Å². The largest absolute Gasteiger partial charge is 0.573 e. The van der Waals surface area contributed by atoms with Crippen LogP contribution >= 0.6 is 0 Å². The number of aromatic nitrogens is 3. The number of rotatable bonds is 5. The molecule has 0 bridgehead atoms. The van der Waals surface area contributed by atoms with Gasteiger partial charge in [0.1, 0.15) is 11.6 Å². The summed E-state index contributed by atoms with van der Waals surface area (Å²) in [6, 6.07) is 14.5. The number of halogens is 3. The van der Waals surface area contributed by atoms with Crippen LogP contribution in [0.25, 0.3) is 16.6 Å². The van der Waals surface area contributed by atoms with E-state index in [1.165, 1.54) is 23.1 Å². The number of fused-ring (bicyclic) bond motifs is 1. The zero-order valence-electron chi connectivity index (χ0n) is 19.6. The fourth-order valence-electron chi connectivity index (χ4n) is 4.67. The molecule has 10 heteroatoms. The average Bonchev–Trinajstić information content (AvgIpc) is 3.07. The van der Waals surface area contributed by atoms with Crippen molar-refractivity contribution in [3.05, 3.63) is 76.3 Å². The van der Waals surface area contributed by atoms with Gasteiger partial charge in [0, 0.05) is 18.5 Å². The summed E-state index contributed by atoms with van der Waals surface area (Å²) in [4.78, 5) is 20.5. The van der Waals surface area contributed by atoms with Gasteiger partial charge >= 0.3 is 12.1 Å². The van der Waals surface area contributed by atoms with E-state index >= 15 is 0 Å². The molecule has 0 radical (unpaired) electrons. The Bertz CT molecular complexity index is 1450. The number of para-hydroxylation sites is 1. The summed E-state index contributed by atoms with van der Waals surface area (Å²) >= 11 is 0. The Hall–Kier alpha value is -3.95. The standard InChI is InChI=1S/C26H25F3N4O3/c1-17-24(34)33(19-9-11-20(12-10-19)36-26(27,28)29)25(35)32(17)16-18-15-23(31-13-5-2-6-14-31)30-22-8-4-3-7-21(18)22/h3-4,7-12,15,34H,2,5-6,13-14,16H2,1H3. The van der Waals surface area contributed by atoms with E-state index in [2.05, 4.69) is 9.64 Å². The SMILES string of the molecule is Cc1c(O)n(-c2ccc(OC(F)(F)F)cc2)c(=O)n1Cc1cc(N2CCCCC2)nc2ccccc12.